The number of hydrogen-bond acceptors (Lipinski definition) is 0. The molecule has 0 saturated carbocycles. The maximum atomic E-state index is 3.86. The number of hydrogen-bond donors (Lipinski definition) is 0. The molecule has 0 spiro atoms. The van der Waals surface area contributed by atoms with E-state index in [9.17, 15) is 0 Å². The topological polar surface area (TPSA) is 0 Å². The molecule has 89 valence electrons. The van der Waals surface area contributed by atoms with Crippen molar-refractivity contribution in [2.75, 3.05) is 0 Å². The molecule has 3 radical (unpaired) electrons. The van der Waals surface area contributed by atoms with Crippen LogP contribution >= 0.6 is 0 Å². The molecule has 1 aromatic carbocycles. The zero-order chi connectivity index (χ0) is 12.7. The Kier molecular flexibility index (Phi) is 3.31. The van der Waals surface area contributed by atoms with Gasteiger partial charge in [-0.25, -0.2) is 0 Å². The van der Waals surface area contributed by atoms with Gasteiger partial charge in [-0.1, -0.05) is 51.5 Å². The van der Waals surface area contributed by atoms with E-state index in [1.165, 1.54) is 27.8 Å². The van der Waals surface area contributed by atoms with Crippen LogP contribution in [0.5, 0.6) is 0 Å². The Morgan fingerprint density at radius 2 is 1.71 bits per heavy atom. The lowest BCUT2D eigenvalue weighted by Gasteiger charge is -2.18. The van der Waals surface area contributed by atoms with Crippen molar-refractivity contribution < 1.29 is 0 Å². The highest BCUT2D eigenvalue weighted by atomic mass is 28.1. The van der Waals surface area contributed by atoms with Gasteiger partial charge in [-0.15, -0.1) is 0 Å². The fraction of sp³-hybridized carbons (Fsp3) is 0.500. The zero-order valence-corrected chi connectivity index (χ0v) is 12.5. The zero-order valence-electron chi connectivity index (χ0n) is 11.5. The second-order valence-corrected chi connectivity index (χ2v) is 6.32. The molecule has 1 aliphatic rings. The van der Waals surface area contributed by atoms with Crippen LogP contribution in [0.3, 0.4) is 0 Å². The summed E-state index contributed by atoms with van der Waals surface area (Å²) < 4.78 is 0. The van der Waals surface area contributed by atoms with Gasteiger partial charge in [-0.3, -0.25) is 0 Å². The molecule has 0 bridgehead atoms. The highest BCUT2D eigenvalue weighted by Crippen LogP contribution is 2.39. The van der Waals surface area contributed by atoms with Gasteiger partial charge in [0.2, 0.25) is 0 Å². The molecule has 1 aromatic rings. The van der Waals surface area contributed by atoms with Crippen molar-refractivity contribution >= 4 is 16.3 Å². The standard InChI is InChI=1S/C16H21Si/c1-9(2)12-7-13(10(3)4)14-6-11(5)16(17)15(14)8-12/h6-10,16H,1-5H3. The van der Waals surface area contributed by atoms with Gasteiger partial charge in [0.15, 0.2) is 0 Å². The van der Waals surface area contributed by atoms with Crippen molar-refractivity contribution in [2.45, 2.75) is 52.0 Å². The van der Waals surface area contributed by atoms with Crippen LogP contribution < -0.4 is 0 Å². The Balaban J connectivity index is 2.63. The van der Waals surface area contributed by atoms with Gasteiger partial charge in [0.1, 0.15) is 0 Å². The van der Waals surface area contributed by atoms with Crippen LogP contribution in [0.25, 0.3) is 6.08 Å². The maximum Gasteiger partial charge on any atom is 0.0392 e. The summed E-state index contributed by atoms with van der Waals surface area (Å²) in [6.45, 7) is 11.3. The first kappa shape index (κ1) is 12.6. The first-order valence-electron chi connectivity index (χ1n) is 6.48. The lowest BCUT2D eigenvalue weighted by molar-refractivity contribution is 0.827. The van der Waals surface area contributed by atoms with E-state index in [-0.39, 0.29) is 0 Å². The summed E-state index contributed by atoms with van der Waals surface area (Å²) in [5.41, 5.74) is 7.67. The molecule has 0 aliphatic heterocycles. The Morgan fingerprint density at radius 1 is 1.06 bits per heavy atom. The van der Waals surface area contributed by atoms with Crippen LogP contribution in [-0.2, 0) is 0 Å². The molecule has 1 aliphatic carbocycles. The highest BCUT2D eigenvalue weighted by molar-refractivity contribution is 6.16. The van der Waals surface area contributed by atoms with E-state index in [2.05, 4.69) is 63.1 Å². The largest absolute Gasteiger partial charge is 0.0688 e. The maximum absolute atomic E-state index is 3.86. The molecule has 0 fully saturated rings. The molecular weight excluding hydrogens is 220 g/mol. The van der Waals surface area contributed by atoms with Gasteiger partial charge in [0.25, 0.3) is 0 Å². The number of fused-ring (bicyclic) bond motifs is 1. The summed E-state index contributed by atoms with van der Waals surface area (Å²) in [4.78, 5) is 0. The van der Waals surface area contributed by atoms with Crippen LogP contribution in [0.4, 0.5) is 0 Å². The predicted octanol–water partition coefficient (Wildman–Crippen LogP) is 4.56. The van der Waals surface area contributed by atoms with Crippen molar-refractivity contribution in [3.05, 3.63) is 40.0 Å². The van der Waals surface area contributed by atoms with Crippen molar-refractivity contribution in [1.82, 2.24) is 0 Å². The molecule has 2 rings (SSSR count). The molecule has 1 atom stereocenters. The van der Waals surface area contributed by atoms with Gasteiger partial charge < -0.3 is 0 Å². The summed E-state index contributed by atoms with van der Waals surface area (Å²) >= 11 is 0. The van der Waals surface area contributed by atoms with E-state index in [0.717, 1.165) is 0 Å². The second-order valence-electron chi connectivity index (χ2n) is 5.74. The minimum Gasteiger partial charge on any atom is -0.0688 e. The minimum atomic E-state index is 0.404. The van der Waals surface area contributed by atoms with E-state index in [1.807, 2.05) is 0 Å². The summed E-state index contributed by atoms with van der Waals surface area (Å²) in [5, 5.41) is 0. The summed E-state index contributed by atoms with van der Waals surface area (Å²) in [6.07, 6.45) is 2.34. The molecule has 0 saturated heterocycles. The average molecular weight is 241 g/mol. The van der Waals surface area contributed by atoms with Crippen molar-refractivity contribution in [3.63, 3.8) is 0 Å². The van der Waals surface area contributed by atoms with Gasteiger partial charge in [-0.05, 0) is 46.6 Å². The Morgan fingerprint density at radius 3 is 2.24 bits per heavy atom. The molecule has 0 heterocycles. The Hall–Kier alpha value is -0.823. The second kappa shape index (κ2) is 4.45. The lowest BCUT2D eigenvalue weighted by atomic mass is 9.89. The average Bonchev–Trinajstić information content (AvgIpc) is 2.54. The van der Waals surface area contributed by atoms with Crippen LogP contribution in [-0.4, -0.2) is 10.2 Å². The normalized spacial score (nSPS) is 18.8. The first-order chi connectivity index (χ1) is 7.91. The molecule has 1 heteroatoms. The summed E-state index contributed by atoms with van der Waals surface area (Å²) in [5.74, 6) is 1.18. The van der Waals surface area contributed by atoms with Crippen LogP contribution in [0.2, 0.25) is 0 Å². The van der Waals surface area contributed by atoms with Crippen molar-refractivity contribution in [2.24, 2.45) is 0 Å². The number of rotatable bonds is 2. The van der Waals surface area contributed by atoms with Crippen LogP contribution in [0.1, 0.15) is 74.2 Å². The van der Waals surface area contributed by atoms with Gasteiger partial charge >= 0.3 is 0 Å². The molecule has 0 amide bonds. The Bertz CT molecular complexity index is 467. The molecule has 1 unspecified atom stereocenters. The minimum absolute atomic E-state index is 0.404. The molecular formula is C16H21Si. The highest BCUT2D eigenvalue weighted by Gasteiger charge is 2.23. The smallest absolute Gasteiger partial charge is 0.0392 e. The lowest BCUT2D eigenvalue weighted by Crippen LogP contribution is -2.02. The van der Waals surface area contributed by atoms with Crippen LogP contribution in [0, 0.1) is 0 Å². The molecule has 0 N–H and O–H groups in total. The van der Waals surface area contributed by atoms with Gasteiger partial charge in [0, 0.05) is 10.2 Å². The van der Waals surface area contributed by atoms with E-state index in [0.29, 0.717) is 17.4 Å². The SMILES string of the molecule is CC1=Cc2c(C(C)C)cc(C(C)C)cc2C1[Si]. The van der Waals surface area contributed by atoms with Gasteiger partial charge in [-0.2, -0.15) is 0 Å². The van der Waals surface area contributed by atoms with Crippen molar-refractivity contribution in [1.29, 1.82) is 0 Å². The molecule has 0 aromatic heterocycles. The Labute approximate surface area is 109 Å². The van der Waals surface area contributed by atoms with E-state index in [1.54, 1.807) is 0 Å². The third-order valence-electron chi connectivity index (χ3n) is 3.69. The fourth-order valence-corrected chi connectivity index (χ4v) is 2.82. The first-order valence-corrected chi connectivity index (χ1v) is 7.06. The number of benzene rings is 1. The predicted molar refractivity (Wildman–Crippen MR) is 76.8 cm³/mol. The third kappa shape index (κ3) is 2.13. The summed E-state index contributed by atoms with van der Waals surface area (Å²) in [7, 11) is 3.86. The third-order valence-corrected chi connectivity index (χ3v) is 4.46. The monoisotopic (exact) mass is 241 g/mol. The quantitative estimate of drug-likeness (QED) is 0.666. The van der Waals surface area contributed by atoms with Crippen molar-refractivity contribution in [3.8, 4) is 0 Å². The number of allylic oxidation sites excluding steroid dienone is 1. The van der Waals surface area contributed by atoms with E-state index < -0.39 is 0 Å². The fourth-order valence-electron chi connectivity index (χ4n) is 2.50. The van der Waals surface area contributed by atoms with Gasteiger partial charge in [0.05, 0.1) is 0 Å². The van der Waals surface area contributed by atoms with E-state index in [4.69, 9.17) is 0 Å². The molecule has 17 heavy (non-hydrogen) atoms. The molecule has 0 nitrogen and oxygen atoms in total. The van der Waals surface area contributed by atoms with Crippen LogP contribution in [0.15, 0.2) is 17.7 Å². The van der Waals surface area contributed by atoms with E-state index >= 15 is 0 Å². The summed E-state index contributed by atoms with van der Waals surface area (Å²) in [6, 6.07) is 4.76.